The molecule has 2 unspecified atom stereocenters. The molecular formula is C13H23NO2. The molecule has 2 aliphatic carbocycles. The zero-order valence-corrected chi connectivity index (χ0v) is 10.2. The normalized spacial score (nSPS) is 35.5. The third-order valence-corrected chi connectivity index (χ3v) is 4.42. The zero-order valence-electron chi connectivity index (χ0n) is 10.2. The van der Waals surface area contributed by atoms with Gasteiger partial charge in [0.15, 0.2) is 0 Å². The molecule has 2 atom stereocenters. The number of ether oxygens (including phenoxy) is 1. The second-order valence-corrected chi connectivity index (χ2v) is 5.67. The topological polar surface area (TPSA) is 52.3 Å². The Bertz CT molecular complexity index is 261. The molecule has 2 rings (SSSR count). The Balaban J connectivity index is 1.82. The number of esters is 1. The van der Waals surface area contributed by atoms with Gasteiger partial charge in [0.2, 0.25) is 0 Å². The first-order valence-corrected chi connectivity index (χ1v) is 6.56. The number of rotatable bonds is 3. The van der Waals surface area contributed by atoms with Crippen LogP contribution < -0.4 is 5.73 Å². The average molecular weight is 225 g/mol. The largest absolute Gasteiger partial charge is 0.465 e. The van der Waals surface area contributed by atoms with Gasteiger partial charge in [0.25, 0.3) is 0 Å². The molecule has 0 heterocycles. The fourth-order valence-corrected chi connectivity index (χ4v) is 2.98. The van der Waals surface area contributed by atoms with Gasteiger partial charge in [-0.15, -0.1) is 0 Å². The molecule has 2 saturated carbocycles. The second-order valence-electron chi connectivity index (χ2n) is 5.67. The minimum Gasteiger partial charge on any atom is -0.465 e. The summed E-state index contributed by atoms with van der Waals surface area (Å²) in [5.41, 5.74) is 5.58. The maximum atomic E-state index is 12.0. The van der Waals surface area contributed by atoms with Crippen LogP contribution in [0.2, 0.25) is 0 Å². The lowest BCUT2D eigenvalue weighted by Crippen LogP contribution is -2.42. The van der Waals surface area contributed by atoms with Crippen LogP contribution in [0.5, 0.6) is 0 Å². The SMILES string of the molecule is CC1(C(=O)OCC2CCCC2)CCCC1N. The summed E-state index contributed by atoms with van der Waals surface area (Å²) >= 11 is 0. The van der Waals surface area contributed by atoms with Gasteiger partial charge >= 0.3 is 5.97 Å². The first-order chi connectivity index (χ1) is 7.63. The molecule has 0 aliphatic heterocycles. The van der Waals surface area contributed by atoms with Crippen LogP contribution in [-0.4, -0.2) is 18.6 Å². The molecule has 0 bridgehead atoms. The van der Waals surface area contributed by atoms with Crippen LogP contribution >= 0.6 is 0 Å². The van der Waals surface area contributed by atoms with Crippen molar-refractivity contribution in [2.75, 3.05) is 6.61 Å². The Kier molecular flexibility index (Phi) is 3.53. The molecule has 16 heavy (non-hydrogen) atoms. The van der Waals surface area contributed by atoms with E-state index in [1.165, 1.54) is 25.7 Å². The van der Waals surface area contributed by atoms with E-state index in [1.54, 1.807) is 0 Å². The van der Waals surface area contributed by atoms with Crippen LogP contribution in [0.15, 0.2) is 0 Å². The van der Waals surface area contributed by atoms with E-state index in [0.29, 0.717) is 12.5 Å². The minimum absolute atomic E-state index is 0.0106. The van der Waals surface area contributed by atoms with E-state index < -0.39 is 5.41 Å². The van der Waals surface area contributed by atoms with Crippen molar-refractivity contribution in [1.29, 1.82) is 0 Å². The number of nitrogens with two attached hydrogens (primary N) is 1. The molecule has 0 aromatic rings. The molecule has 2 fully saturated rings. The zero-order chi connectivity index (χ0) is 11.6. The number of carbonyl (C=O) groups excluding carboxylic acids is 1. The summed E-state index contributed by atoms with van der Waals surface area (Å²) < 4.78 is 5.46. The van der Waals surface area contributed by atoms with Gasteiger partial charge in [-0.3, -0.25) is 4.79 Å². The Labute approximate surface area is 97.7 Å². The number of hydrogen-bond acceptors (Lipinski definition) is 3. The molecule has 3 heteroatoms. The molecule has 0 spiro atoms. The van der Waals surface area contributed by atoms with Crippen LogP contribution in [-0.2, 0) is 9.53 Å². The highest BCUT2D eigenvalue weighted by molar-refractivity contribution is 5.77. The van der Waals surface area contributed by atoms with Crippen molar-refractivity contribution in [2.45, 2.75) is 57.9 Å². The van der Waals surface area contributed by atoms with Crippen molar-refractivity contribution in [2.24, 2.45) is 17.1 Å². The van der Waals surface area contributed by atoms with Crippen molar-refractivity contribution in [3.63, 3.8) is 0 Å². The van der Waals surface area contributed by atoms with Gasteiger partial charge < -0.3 is 10.5 Å². The second kappa shape index (κ2) is 4.74. The van der Waals surface area contributed by atoms with Gasteiger partial charge in [-0.1, -0.05) is 19.3 Å². The minimum atomic E-state index is -0.418. The van der Waals surface area contributed by atoms with Crippen molar-refractivity contribution >= 4 is 5.97 Å². The highest BCUT2D eigenvalue weighted by atomic mass is 16.5. The molecule has 2 N–H and O–H groups in total. The van der Waals surface area contributed by atoms with E-state index in [0.717, 1.165) is 19.3 Å². The van der Waals surface area contributed by atoms with Crippen LogP contribution in [0.3, 0.4) is 0 Å². The van der Waals surface area contributed by atoms with Gasteiger partial charge in [-0.2, -0.15) is 0 Å². The van der Waals surface area contributed by atoms with Crippen LogP contribution in [0, 0.1) is 11.3 Å². The molecule has 0 aromatic heterocycles. The van der Waals surface area contributed by atoms with Gasteiger partial charge in [-0.05, 0) is 38.5 Å². The van der Waals surface area contributed by atoms with Gasteiger partial charge in [-0.25, -0.2) is 0 Å². The number of hydrogen-bond donors (Lipinski definition) is 1. The molecule has 2 aliphatic rings. The van der Waals surface area contributed by atoms with E-state index in [9.17, 15) is 4.79 Å². The summed E-state index contributed by atoms with van der Waals surface area (Å²) in [4.78, 5) is 12.0. The van der Waals surface area contributed by atoms with Gasteiger partial charge in [0.05, 0.1) is 12.0 Å². The molecule has 3 nitrogen and oxygen atoms in total. The standard InChI is InChI=1S/C13H23NO2/c1-13(8-4-7-11(13)14)12(15)16-9-10-5-2-3-6-10/h10-11H,2-9,14H2,1H3. The summed E-state index contributed by atoms with van der Waals surface area (Å²) in [7, 11) is 0. The number of carbonyl (C=O) groups is 1. The molecular weight excluding hydrogens is 202 g/mol. The lowest BCUT2D eigenvalue weighted by atomic mass is 9.85. The monoisotopic (exact) mass is 225 g/mol. The Morgan fingerprint density at radius 2 is 2.00 bits per heavy atom. The van der Waals surface area contributed by atoms with Crippen LogP contribution in [0.1, 0.15) is 51.9 Å². The Hall–Kier alpha value is -0.570. The van der Waals surface area contributed by atoms with E-state index in [4.69, 9.17) is 10.5 Å². The van der Waals surface area contributed by atoms with Crippen molar-refractivity contribution in [3.05, 3.63) is 0 Å². The molecule has 0 radical (unpaired) electrons. The summed E-state index contributed by atoms with van der Waals surface area (Å²) in [6.07, 6.45) is 7.91. The summed E-state index contributed by atoms with van der Waals surface area (Å²) in [6.45, 7) is 2.57. The van der Waals surface area contributed by atoms with E-state index >= 15 is 0 Å². The molecule has 0 amide bonds. The molecule has 92 valence electrons. The quantitative estimate of drug-likeness (QED) is 0.749. The summed E-state index contributed by atoms with van der Waals surface area (Å²) in [6, 6.07) is -0.0106. The Morgan fingerprint density at radius 1 is 1.31 bits per heavy atom. The van der Waals surface area contributed by atoms with Crippen LogP contribution in [0.25, 0.3) is 0 Å². The first kappa shape index (κ1) is 11.9. The summed E-state index contributed by atoms with van der Waals surface area (Å²) in [5, 5.41) is 0. The third kappa shape index (κ3) is 2.24. The van der Waals surface area contributed by atoms with E-state index in [-0.39, 0.29) is 12.0 Å². The summed E-state index contributed by atoms with van der Waals surface area (Å²) in [5.74, 6) is 0.537. The maximum absolute atomic E-state index is 12.0. The fourth-order valence-electron chi connectivity index (χ4n) is 2.98. The average Bonchev–Trinajstić information content (AvgIpc) is 2.87. The van der Waals surface area contributed by atoms with Gasteiger partial charge in [0, 0.05) is 6.04 Å². The molecule has 0 aromatic carbocycles. The van der Waals surface area contributed by atoms with E-state index in [2.05, 4.69) is 0 Å². The van der Waals surface area contributed by atoms with E-state index in [1.807, 2.05) is 6.92 Å². The fraction of sp³-hybridized carbons (Fsp3) is 0.923. The lowest BCUT2D eigenvalue weighted by Gasteiger charge is -2.27. The first-order valence-electron chi connectivity index (χ1n) is 6.56. The molecule has 0 saturated heterocycles. The van der Waals surface area contributed by atoms with Crippen molar-refractivity contribution in [1.82, 2.24) is 0 Å². The van der Waals surface area contributed by atoms with Crippen molar-refractivity contribution in [3.8, 4) is 0 Å². The van der Waals surface area contributed by atoms with Gasteiger partial charge in [0.1, 0.15) is 0 Å². The maximum Gasteiger partial charge on any atom is 0.313 e. The lowest BCUT2D eigenvalue weighted by molar-refractivity contribution is -0.156. The highest BCUT2D eigenvalue weighted by Gasteiger charge is 2.44. The van der Waals surface area contributed by atoms with Crippen molar-refractivity contribution < 1.29 is 9.53 Å². The predicted molar refractivity (Wildman–Crippen MR) is 62.9 cm³/mol. The van der Waals surface area contributed by atoms with Crippen LogP contribution in [0.4, 0.5) is 0 Å². The Morgan fingerprint density at radius 3 is 2.56 bits per heavy atom. The predicted octanol–water partition coefficient (Wildman–Crippen LogP) is 2.24. The smallest absolute Gasteiger partial charge is 0.313 e. The highest BCUT2D eigenvalue weighted by Crippen LogP contribution is 2.38. The third-order valence-electron chi connectivity index (χ3n) is 4.42.